The highest BCUT2D eigenvalue weighted by molar-refractivity contribution is 7.18. The first-order valence-electron chi connectivity index (χ1n) is 8.69. The molecule has 28 heavy (non-hydrogen) atoms. The number of benzene rings is 2. The van der Waals surface area contributed by atoms with E-state index in [9.17, 15) is 9.59 Å². The highest BCUT2D eigenvalue weighted by Gasteiger charge is 2.16. The number of thiazole rings is 1. The summed E-state index contributed by atoms with van der Waals surface area (Å²) in [6, 6.07) is 14.2. The predicted octanol–water partition coefficient (Wildman–Crippen LogP) is 3.57. The highest BCUT2D eigenvalue weighted by Crippen LogP contribution is 2.22. The average Bonchev–Trinajstić information content (AvgIpc) is 3.13. The van der Waals surface area contributed by atoms with Crippen LogP contribution in [0.3, 0.4) is 0 Å². The Labute approximate surface area is 166 Å². The predicted molar refractivity (Wildman–Crippen MR) is 109 cm³/mol. The van der Waals surface area contributed by atoms with Crippen LogP contribution in [0.4, 0.5) is 0 Å². The molecule has 0 aliphatic heterocycles. The molecule has 7 heteroatoms. The number of nitrogens with zero attached hydrogens (tertiary/aromatic N) is 1. The minimum Gasteiger partial charge on any atom is -0.497 e. The third kappa shape index (κ3) is 5.17. The second-order valence-electron chi connectivity index (χ2n) is 6.02. The maximum Gasteiger partial charge on any atom is 0.328 e. The summed E-state index contributed by atoms with van der Waals surface area (Å²) in [5.41, 5.74) is 1.73. The van der Waals surface area contributed by atoms with Gasteiger partial charge in [0.25, 0.3) is 0 Å². The van der Waals surface area contributed by atoms with Crippen LogP contribution < -0.4 is 10.1 Å². The highest BCUT2D eigenvalue weighted by atomic mass is 32.1. The molecule has 0 aliphatic carbocycles. The smallest absolute Gasteiger partial charge is 0.328 e. The van der Waals surface area contributed by atoms with Crippen LogP contribution in [0.15, 0.2) is 54.6 Å². The van der Waals surface area contributed by atoms with Gasteiger partial charge in [-0.05, 0) is 42.8 Å². The Morgan fingerprint density at radius 3 is 2.64 bits per heavy atom. The normalized spacial score (nSPS) is 12.1. The van der Waals surface area contributed by atoms with Crippen LogP contribution in [0.1, 0.15) is 17.5 Å². The number of aromatic nitrogens is 1. The van der Waals surface area contributed by atoms with Crippen LogP contribution in [-0.2, 0) is 20.9 Å². The monoisotopic (exact) mass is 396 g/mol. The zero-order valence-electron chi connectivity index (χ0n) is 15.5. The topological polar surface area (TPSA) is 77.5 Å². The number of fused-ring (bicyclic) bond motifs is 1. The van der Waals surface area contributed by atoms with Gasteiger partial charge in [-0.25, -0.2) is 9.78 Å². The van der Waals surface area contributed by atoms with E-state index in [0.29, 0.717) is 5.01 Å². The molecule has 3 aromatic rings. The number of amides is 1. The van der Waals surface area contributed by atoms with Crippen LogP contribution in [0.2, 0.25) is 0 Å². The number of nitrogens with one attached hydrogen (secondary N) is 1. The van der Waals surface area contributed by atoms with Gasteiger partial charge in [-0.1, -0.05) is 24.3 Å². The molecule has 1 atom stereocenters. The number of rotatable bonds is 7. The molecule has 0 radical (unpaired) electrons. The zero-order valence-corrected chi connectivity index (χ0v) is 16.4. The average molecular weight is 396 g/mol. The van der Waals surface area contributed by atoms with E-state index in [2.05, 4.69) is 10.3 Å². The molecule has 144 valence electrons. The van der Waals surface area contributed by atoms with Crippen molar-refractivity contribution in [2.75, 3.05) is 7.11 Å². The third-order valence-corrected chi connectivity index (χ3v) is 4.94. The lowest BCUT2D eigenvalue weighted by Gasteiger charge is -2.11. The van der Waals surface area contributed by atoms with E-state index in [0.717, 1.165) is 21.5 Å². The van der Waals surface area contributed by atoms with E-state index >= 15 is 0 Å². The molecule has 0 unspecified atom stereocenters. The Morgan fingerprint density at radius 2 is 1.93 bits per heavy atom. The van der Waals surface area contributed by atoms with E-state index in [1.54, 1.807) is 32.2 Å². The van der Waals surface area contributed by atoms with E-state index < -0.39 is 12.0 Å². The largest absolute Gasteiger partial charge is 0.497 e. The van der Waals surface area contributed by atoms with Crippen LogP contribution in [-0.4, -0.2) is 30.0 Å². The lowest BCUT2D eigenvalue weighted by atomic mass is 10.2. The molecule has 0 saturated carbocycles. The second-order valence-corrected chi connectivity index (χ2v) is 7.14. The number of ether oxygens (including phenoxy) is 2. The van der Waals surface area contributed by atoms with Gasteiger partial charge < -0.3 is 14.8 Å². The van der Waals surface area contributed by atoms with Crippen molar-refractivity contribution in [2.24, 2.45) is 0 Å². The molecule has 6 nitrogen and oxygen atoms in total. The van der Waals surface area contributed by atoms with Gasteiger partial charge >= 0.3 is 5.97 Å². The first-order valence-corrected chi connectivity index (χ1v) is 9.50. The molecule has 3 rings (SSSR count). The molecular weight excluding hydrogens is 376 g/mol. The molecule has 1 N–H and O–H groups in total. The molecule has 1 amide bonds. The molecule has 0 aliphatic rings. The van der Waals surface area contributed by atoms with Crippen LogP contribution in [0.25, 0.3) is 16.3 Å². The standard InChI is InChI=1S/C21H20N2O4S/c1-14(22-19(24)12-9-15-7-10-16(26-2)11-8-15)21(25)27-13-20-23-17-5-3-4-6-18(17)28-20/h3-12,14H,13H2,1-2H3,(H,22,24)/b12-9+/t14-/m0/s1. The van der Waals surface area contributed by atoms with Gasteiger partial charge in [-0.15, -0.1) is 11.3 Å². The van der Waals surface area contributed by atoms with Crippen molar-refractivity contribution in [3.63, 3.8) is 0 Å². The van der Waals surface area contributed by atoms with Gasteiger partial charge in [0, 0.05) is 6.08 Å². The summed E-state index contributed by atoms with van der Waals surface area (Å²) in [6.45, 7) is 1.67. The molecular formula is C21H20N2O4S. The summed E-state index contributed by atoms with van der Waals surface area (Å²) in [7, 11) is 1.59. The summed E-state index contributed by atoms with van der Waals surface area (Å²) in [5.74, 6) is -0.142. The number of hydrogen-bond donors (Lipinski definition) is 1. The lowest BCUT2D eigenvalue weighted by molar-refractivity contribution is -0.148. The van der Waals surface area contributed by atoms with E-state index in [1.807, 2.05) is 36.4 Å². The Bertz CT molecular complexity index is 962. The van der Waals surface area contributed by atoms with E-state index in [4.69, 9.17) is 9.47 Å². The Hall–Kier alpha value is -3.19. The number of para-hydroxylation sites is 1. The first-order chi connectivity index (χ1) is 13.5. The minimum atomic E-state index is -0.762. The van der Waals surface area contributed by atoms with Crippen molar-refractivity contribution >= 4 is 39.5 Å². The van der Waals surface area contributed by atoms with Crippen LogP contribution in [0, 0.1) is 0 Å². The first kappa shape index (κ1) is 19.6. The molecule has 0 spiro atoms. The molecule has 1 heterocycles. The lowest BCUT2D eigenvalue weighted by Crippen LogP contribution is -2.38. The maximum atomic E-state index is 12.1. The maximum absolute atomic E-state index is 12.1. The Balaban J connectivity index is 1.48. The summed E-state index contributed by atoms with van der Waals surface area (Å²) in [6.07, 6.45) is 3.03. The molecule has 2 aromatic carbocycles. The van der Waals surface area contributed by atoms with Gasteiger partial charge in [0.15, 0.2) is 0 Å². The van der Waals surface area contributed by atoms with Gasteiger partial charge in [0.1, 0.15) is 23.4 Å². The molecule has 0 bridgehead atoms. The van der Waals surface area contributed by atoms with Crippen molar-refractivity contribution in [1.29, 1.82) is 0 Å². The quantitative estimate of drug-likeness (QED) is 0.488. The third-order valence-electron chi connectivity index (χ3n) is 3.93. The van der Waals surface area contributed by atoms with E-state index in [-0.39, 0.29) is 12.5 Å². The SMILES string of the molecule is COc1ccc(/C=C/C(=O)N[C@@H](C)C(=O)OCc2nc3ccccc3s2)cc1. The number of hydrogen-bond acceptors (Lipinski definition) is 6. The number of methoxy groups -OCH3 is 1. The summed E-state index contributed by atoms with van der Waals surface area (Å²) < 4.78 is 11.4. The van der Waals surface area contributed by atoms with Crippen LogP contribution in [0.5, 0.6) is 5.75 Å². The van der Waals surface area contributed by atoms with E-state index in [1.165, 1.54) is 17.4 Å². The Morgan fingerprint density at radius 1 is 1.18 bits per heavy atom. The van der Waals surface area contributed by atoms with Gasteiger partial charge in [0.2, 0.25) is 5.91 Å². The van der Waals surface area contributed by atoms with Gasteiger partial charge in [-0.2, -0.15) is 0 Å². The fraction of sp³-hybridized carbons (Fsp3) is 0.190. The van der Waals surface area contributed by atoms with Crippen molar-refractivity contribution in [3.8, 4) is 5.75 Å². The zero-order chi connectivity index (χ0) is 19.9. The Kier molecular flexibility index (Phi) is 6.39. The summed E-state index contributed by atoms with van der Waals surface area (Å²) in [5, 5.41) is 3.31. The summed E-state index contributed by atoms with van der Waals surface area (Å²) >= 11 is 1.48. The molecule has 0 fully saturated rings. The number of carbonyl (C=O) groups is 2. The molecule has 1 aromatic heterocycles. The fourth-order valence-electron chi connectivity index (χ4n) is 2.45. The van der Waals surface area contributed by atoms with Crippen molar-refractivity contribution in [3.05, 3.63) is 65.2 Å². The van der Waals surface area contributed by atoms with Crippen molar-refractivity contribution in [1.82, 2.24) is 10.3 Å². The number of carbonyl (C=O) groups excluding carboxylic acids is 2. The number of esters is 1. The van der Waals surface area contributed by atoms with Gasteiger partial charge in [-0.3, -0.25) is 4.79 Å². The second kappa shape index (κ2) is 9.14. The summed E-state index contributed by atoms with van der Waals surface area (Å²) in [4.78, 5) is 28.5. The molecule has 0 saturated heterocycles. The van der Waals surface area contributed by atoms with Crippen molar-refractivity contribution < 1.29 is 19.1 Å². The minimum absolute atomic E-state index is 0.0834. The van der Waals surface area contributed by atoms with Crippen LogP contribution >= 0.6 is 11.3 Å². The fourth-order valence-corrected chi connectivity index (χ4v) is 3.33. The van der Waals surface area contributed by atoms with Gasteiger partial charge in [0.05, 0.1) is 17.3 Å². The van der Waals surface area contributed by atoms with Crippen molar-refractivity contribution in [2.45, 2.75) is 19.6 Å².